The molecule has 3 N–H and O–H groups in total. The van der Waals surface area contributed by atoms with Crippen LogP contribution in [-0.2, 0) is 4.79 Å². The number of carbonyl (C=O) groups is 2. The van der Waals surface area contributed by atoms with Crippen molar-refractivity contribution in [1.29, 1.82) is 0 Å². The monoisotopic (exact) mass is 297 g/mol. The molecule has 1 heterocycles. The standard InChI is InChI=1S/C14H23N3O4/c1-7(2)6-11(13(18)19)16-14(20)15-8(3)12-9(4)17-21-10(12)5/h7-8,11H,6H2,1-5H3,(H,18,19)(H2,15,16,20). The van der Waals surface area contributed by atoms with Crippen molar-refractivity contribution in [3.8, 4) is 0 Å². The predicted octanol–water partition coefficient (Wildman–Crippen LogP) is 2.15. The second-order valence-electron chi connectivity index (χ2n) is 5.60. The number of carbonyl (C=O) groups excluding carboxylic acids is 1. The Hall–Kier alpha value is -2.05. The van der Waals surface area contributed by atoms with Crippen LogP contribution in [0, 0.1) is 19.8 Å². The van der Waals surface area contributed by atoms with Gasteiger partial charge in [0, 0.05) is 5.56 Å². The fourth-order valence-electron chi connectivity index (χ4n) is 2.27. The van der Waals surface area contributed by atoms with Gasteiger partial charge in [0.15, 0.2) is 0 Å². The van der Waals surface area contributed by atoms with Gasteiger partial charge in [-0.25, -0.2) is 9.59 Å². The van der Waals surface area contributed by atoms with Crippen LogP contribution < -0.4 is 10.6 Å². The van der Waals surface area contributed by atoms with E-state index in [2.05, 4.69) is 15.8 Å². The number of hydrogen-bond donors (Lipinski definition) is 3. The summed E-state index contributed by atoms with van der Waals surface area (Å²) in [5.41, 5.74) is 1.51. The van der Waals surface area contributed by atoms with Crippen LogP contribution >= 0.6 is 0 Å². The van der Waals surface area contributed by atoms with Gasteiger partial charge in [-0.15, -0.1) is 0 Å². The predicted molar refractivity (Wildman–Crippen MR) is 76.9 cm³/mol. The molecule has 2 amide bonds. The Morgan fingerprint density at radius 2 is 1.86 bits per heavy atom. The molecule has 1 aromatic heterocycles. The molecule has 2 unspecified atom stereocenters. The normalized spacial score (nSPS) is 13.8. The summed E-state index contributed by atoms with van der Waals surface area (Å²) in [6, 6.07) is -1.73. The number of carboxylic acids is 1. The van der Waals surface area contributed by atoms with Gasteiger partial charge in [0.2, 0.25) is 0 Å². The third kappa shape index (κ3) is 4.77. The van der Waals surface area contributed by atoms with Crippen LogP contribution in [0.1, 0.15) is 50.3 Å². The van der Waals surface area contributed by atoms with E-state index in [1.54, 1.807) is 20.8 Å². The molecule has 0 saturated carbocycles. The highest BCUT2D eigenvalue weighted by Gasteiger charge is 2.23. The summed E-state index contributed by atoms with van der Waals surface area (Å²) in [5, 5.41) is 18.1. The summed E-state index contributed by atoms with van der Waals surface area (Å²) in [7, 11) is 0. The van der Waals surface area contributed by atoms with Gasteiger partial charge in [-0.2, -0.15) is 0 Å². The third-order valence-electron chi connectivity index (χ3n) is 3.18. The van der Waals surface area contributed by atoms with E-state index >= 15 is 0 Å². The maximum absolute atomic E-state index is 11.9. The first kappa shape index (κ1) is 17.0. The number of nitrogens with zero attached hydrogens (tertiary/aromatic N) is 1. The Morgan fingerprint density at radius 3 is 2.29 bits per heavy atom. The number of amides is 2. The number of urea groups is 1. The fourth-order valence-corrected chi connectivity index (χ4v) is 2.27. The van der Waals surface area contributed by atoms with Gasteiger partial charge in [-0.3, -0.25) is 0 Å². The van der Waals surface area contributed by atoms with E-state index in [1.807, 2.05) is 13.8 Å². The molecular weight excluding hydrogens is 274 g/mol. The lowest BCUT2D eigenvalue weighted by atomic mass is 10.0. The zero-order valence-electron chi connectivity index (χ0n) is 13.1. The summed E-state index contributed by atoms with van der Waals surface area (Å²) in [5.74, 6) is -0.229. The van der Waals surface area contributed by atoms with Crippen molar-refractivity contribution < 1.29 is 19.2 Å². The lowest BCUT2D eigenvalue weighted by molar-refractivity contribution is -0.139. The Morgan fingerprint density at radius 1 is 1.24 bits per heavy atom. The minimum Gasteiger partial charge on any atom is -0.480 e. The highest BCUT2D eigenvalue weighted by Crippen LogP contribution is 2.20. The number of hydrogen-bond acceptors (Lipinski definition) is 4. The molecule has 0 aliphatic carbocycles. The highest BCUT2D eigenvalue weighted by atomic mass is 16.5. The third-order valence-corrected chi connectivity index (χ3v) is 3.18. The molecule has 7 heteroatoms. The van der Waals surface area contributed by atoms with Crippen molar-refractivity contribution in [1.82, 2.24) is 15.8 Å². The van der Waals surface area contributed by atoms with Crippen LogP contribution in [0.15, 0.2) is 4.52 Å². The number of aliphatic carboxylic acids is 1. The Kier molecular flexibility index (Phi) is 5.75. The van der Waals surface area contributed by atoms with Crippen LogP contribution in [0.2, 0.25) is 0 Å². The molecular formula is C14H23N3O4. The first-order valence-electron chi connectivity index (χ1n) is 6.95. The van der Waals surface area contributed by atoms with Gasteiger partial charge in [0.25, 0.3) is 0 Å². The van der Waals surface area contributed by atoms with Gasteiger partial charge in [0.1, 0.15) is 11.8 Å². The average Bonchev–Trinajstić information content (AvgIpc) is 2.67. The summed E-state index contributed by atoms with van der Waals surface area (Å²) >= 11 is 0. The maximum atomic E-state index is 11.9. The van der Waals surface area contributed by atoms with E-state index in [0.717, 1.165) is 5.56 Å². The summed E-state index contributed by atoms with van der Waals surface area (Å²) in [6.07, 6.45) is 0.377. The van der Waals surface area contributed by atoms with Crippen molar-refractivity contribution in [2.45, 2.75) is 53.1 Å². The van der Waals surface area contributed by atoms with Crippen LogP contribution in [0.4, 0.5) is 4.79 Å². The fraction of sp³-hybridized carbons (Fsp3) is 0.643. The molecule has 0 aliphatic rings. The molecule has 1 rings (SSSR count). The van der Waals surface area contributed by atoms with Gasteiger partial charge in [-0.1, -0.05) is 19.0 Å². The lowest BCUT2D eigenvalue weighted by Gasteiger charge is -2.19. The van der Waals surface area contributed by atoms with Crippen LogP contribution in [0.25, 0.3) is 0 Å². The van der Waals surface area contributed by atoms with Gasteiger partial charge in [0.05, 0.1) is 11.7 Å². The number of aromatic nitrogens is 1. The largest absolute Gasteiger partial charge is 0.480 e. The number of rotatable bonds is 6. The van der Waals surface area contributed by atoms with Crippen molar-refractivity contribution in [3.05, 3.63) is 17.0 Å². The summed E-state index contributed by atoms with van der Waals surface area (Å²) < 4.78 is 5.05. The molecule has 1 aromatic rings. The van der Waals surface area contributed by atoms with Crippen molar-refractivity contribution in [3.63, 3.8) is 0 Å². The molecule has 0 radical (unpaired) electrons. The molecule has 0 aromatic carbocycles. The second kappa shape index (κ2) is 7.10. The van der Waals surface area contributed by atoms with Gasteiger partial charge < -0.3 is 20.3 Å². The molecule has 0 bridgehead atoms. The smallest absolute Gasteiger partial charge is 0.326 e. The molecule has 0 saturated heterocycles. The summed E-state index contributed by atoms with van der Waals surface area (Å²) in [4.78, 5) is 23.1. The Bertz CT molecular complexity index is 491. The minimum absolute atomic E-state index is 0.173. The first-order chi connectivity index (χ1) is 9.72. The molecule has 0 aliphatic heterocycles. The van der Waals surface area contributed by atoms with Crippen LogP contribution in [0.3, 0.4) is 0 Å². The van der Waals surface area contributed by atoms with E-state index in [1.165, 1.54) is 0 Å². The number of aryl methyl sites for hydroxylation is 2. The van der Waals surface area contributed by atoms with Crippen molar-refractivity contribution in [2.75, 3.05) is 0 Å². The first-order valence-corrected chi connectivity index (χ1v) is 6.95. The summed E-state index contributed by atoms with van der Waals surface area (Å²) in [6.45, 7) is 9.17. The van der Waals surface area contributed by atoms with E-state index in [0.29, 0.717) is 17.9 Å². The van der Waals surface area contributed by atoms with Gasteiger partial charge >= 0.3 is 12.0 Å². The lowest BCUT2D eigenvalue weighted by Crippen LogP contribution is -2.47. The second-order valence-corrected chi connectivity index (χ2v) is 5.60. The topological polar surface area (TPSA) is 104 Å². The highest BCUT2D eigenvalue weighted by molar-refractivity contribution is 5.82. The Balaban J connectivity index is 2.66. The Labute approximate surface area is 124 Å². The average molecular weight is 297 g/mol. The molecule has 118 valence electrons. The van der Waals surface area contributed by atoms with E-state index in [4.69, 9.17) is 9.63 Å². The molecule has 21 heavy (non-hydrogen) atoms. The number of carboxylic acid groups (broad SMARTS) is 1. The maximum Gasteiger partial charge on any atom is 0.326 e. The van der Waals surface area contributed by atoms with E-state index in [-0.39, 0.29) is 12.0 Å². The zero-order chi connectivity index (χ0) is 16.2. The minimum atomic E-state index is -1.04. The molecule has 2 atom stereocenters. The SMILES string of the molecule is Cc1noc(C)c1C(C)NC(=O)NC(CC(C)C)C(=O)O. The van der Waals surface area contributed by atoms with Gasteiger partial charge in [-0.05, 0) is 33.1 Å². The molecule has 0 spiro atoms. The zero-order valence-corrected chi connectivity index (χ0v) is 13.1. The van der Waals surface area contributed by atoms with Crippen LogP contribution in [0.5, 0.6) is 0 Å². The van der Waals surface area contributed by atoms with E-state index in [9.17, 15) is 9.59 Å². The van der Waals surface area contributed by atoms with Crippen LogP contribution in [-0.4, -0.2) is 28.3 Å². The number of nitrogens with one attached hydrogen (secondary N) is 2. The molecule has 7 nitrogen and oxygen atoms in total. The van der Waals surface area contributed by atoms with Crippen molar-refractivity contribution in [2.24, 2.45) is 5.92 Å². The quantitative estimate of drug-likeness (QED) is 0.746. The van der Waals surface area contributed by atoms with E-state index < -0.39 is 18.0 Å². The molecule has 0 fully saturated rings. The van der Waals surface area contributed by atoms with Crippen molar-refractivity contribution >= 4 is 12.0 Å².